The van der Waals surface area contributed by atoms with Gasteiger partial charge in [0.05, 0.1) is 23.6 Å². The van der Waals surface area contributed by atoms with Crippen molar-refractivity contribution < 1.29 is 14.0 Å². The van der Waals surface area contributed by atoms with Gasteiger partial charge in [-0.05, 0) is 37.6 Å². The molecule has 2 aromatic carbocycles. The van der Waals surface area contributed by atoms with Crippen LogP contribution in [0.25, 0.3) is 0 Å². The first-order valence-corrected chi connectivity index (χ1v) is 8.36. The quantitative estimate of drug-likeness (QED) is 0.721. The number of para-hydroxylation sites is 1. The second-order valence-corrected chi connectivity index (χ2v) is 6.04. The molecule has 0 bridgehead atoms. The van der Waals surface area contributed by atoms with Crippen LogP contribution in [-0.4, -0.2) is 11.8 Å². The monoisotopic (exact) mass is 348 g/mol. The maximum atomic E-state index is 12.7. The van der Waals surface area contributed by atoms with Crippen LogP contribution in [-0.2, 0) is 0 Å². The molecule has 3 rings (SSSR count). The van der Waals surface area contributed by atoms with Gasteiger partial charge in [-0.3, -0.25) is 9.59 Å². The molecule has 1 heterocycles. The second-order valence-electron chi connectivity index (χ2n) is 6.04. The van der Waals surface area contributed by atoms with Gasteiger partial charge in [-0.25, -0.2) is 0 Å². The fraction of sp³-hybridized carbons (Fsp3) is 0.143. The van der Waals surface area contributed by atoms with Crippen LogP contribution < -0.4 is 10.6 Å². The van der Waals surface area contributed by atoms with Crippen molar-refractivity contribution in [3.8, 4) is 0 Å². The summed E-state index contributed by atoms with van der Waals surface area (Å²) in [6.07, 6.45) is 1.46. The van der Waals surface area contributed by atoms with Gasteiger partial charge >= 0.3 is 0 Å². The van der Waals surface area contributed by atoms with Crippen molar-refractivity contribution in [3.05, 3.63) is 89.4 Å². The van der Waals surface area contributed by atoms with Gasteiger partial charge in [-0.2, -0.15) is 0 Å². The van der Waals surface area contributed by atoms with E-state index in [4.69, 9.17) is 4.42 Å². The lowest BCUT2D eigenvalue weighted by atomic mass is 10.1. The van der Waals surface area contributed by atoms with Crippen LogP contribution in [0.15, 0.2) is 71.3 Å². The lowest BCUT2D eigenvalue weighted by molar-refractivity contribution is 0.0941. The molecule has 1 aromatic heterocycles. The number of rotatable bonds is 5. The average Bonchev–Trinajstić information content (AvgIpc) is 3.09. The third-order valence-corrected chi connectivity index (χ3v) is 4.14. The summed E-state index contributed by atoms with van der Waals surface area (Å²) in [7, 11) is 0. The van der Waals surface area contributed by atoms with Crippen molar-refractivity contribution in [1.29, 1.82) is 0 Å². The Balaban J connectivity index is 1.77. The minimum atomic E-state index is -0.385. The first-order chi connectivity index (χ1) is 12.6. The number of carbonyl (C=O) groups excluding carboxylic acids is 2. The molecule has 1 atom stereocenters. The number of benzene rings is 2. The van der Waals surface area contributed by atoms with Gasteiger partial charge in [0, 0.05) is 5.56 Å². The van der Waals surface area contributed by atoms with E-state index in [-0.39, 0.29) is 23.6 Å². The summed E-state index contributed by atoms with van der Waals surface area (Å²) in [6.45, 7) is 3.71. The zero-order chi connectivity index (χ0) is 18.5. The van der Waals surface area contributed by atoms with Crippen LogP contribution in [0.1, 0.15) is 45.0 Å². The van der Waals surface area contributed by atoms with Gasteiger partial charge in [0.1, 0.15) is 0 Å². The summed E-state index contributed by atoms with van der Waals surface area (Å²) < 4.78 is 5.21. The Morgan fingerprint density at radius 3 is 2.31 bits per heavy atom. The van der Waals surface area contributed by atoms with Crippen LogP contribution >= 0.6 is 0 Å². The number of hydrogen-bond donors (Lipinski definition) is 2. The number of carbonyl (C=O) groups is 2. The number of amides is 2. The largest absolute Gasteiger partial charge is 0.459 e. The van der Waals surface area contributed by atoms with Crippen molar-refractivity contribution in [3.63, 3.8) is 0 Å². The van der Waals surface area contributed by atoms with Crippen molar-refractivity contribution in [2.75, 3.05) is 5.32 Å². The fourth-order valence-electron chi connectivity index (χ4n) is 2.67. The maximum Gasteiger partial charge on any atom is 0.291 e. The van der Waals surface area contributed by atoms with E-state index in [0.717, 1.165) is 11.1 Å². The van der Waals surface area contributed by atoms with Crippen molar-refractivity contribution in [2.45, 2.75) is 19.9 Å². The number of hydrogen-bond acceptors (Lipinski definition) is 3. The summed E-state index contributed by atoms with van der Waals surface area (Å²) in [5, 5.41) is 5.71. The van der Waals surface area contributed by atoms with E-state index in [9.17, 15) is 9.59 Å². The highest BCUT2D eigenvalue weighted by Crippen LogP contribution is 2.19. The van der Waals surface area contributed by atoms with Crippen LogP contribution in [0.5, 0.6) is 0 Å². The van der Waals surface area contributed by atoms with E-state index < -0.39 is 0 Å². The lowest BCUT2D eigenvalue weighted by Crippen LogP contribution is -2.28. The molecule has 0 saturated carbocycles. The third-order valence-electron chi connectivity index (χ3n) is 4.14. The molecular formula is C21H20N2O3. The summed E-state index contributed by atoms with van der Waals surface area (Å²) in [5.74, 6) is -0.407. The van der Waals surface area contributed by atoms with Crippen molar-refractivity contribution >= 4 is 17.5 Å². The zero-order valence-corrected chi connectivity index (χ0v) is 14.7. The second kappa shape index (κ2) is 7.70. The number of aryl methyl sites for hydroxylation is 1. The van der Waals surface area contributed by atoms with E-state index in [1.54, 1.807) is 37.3 Å². The molecule has 5 nitrogen and oxygen atoms in total. The maximum absolute atomic E-state index is 12.7. The molecule has 5 heteroatoms. The molecule has 0 fully saturated rings. The zero-order valence-electron chi connectivity index (χ0n) is 14.7. The molecule has 132 valence electrons. The van der Waals surface area contributed by atoms with Gasteiger partial charge in [0.25, 0.3) is 11.8 Å². The van der Waals surface area contributed by atoms with E-state index in [1.807, 2.05) is 37.3 Å². The fourth-order valence-corrected chi connectivity index (χ4v) is 2.67. The molecule has 2 amide bonds. The van der Waals surface area contributed by atoms with Crippen molar-refractivity contribution in [2.24, 2.45) is 0 Å². The molecule has 0 saturated heterocycles. The standard InChI is InChI=1S/C21H20N2O3/c1-14-12-13-26-19(14)21(25)23-18-11-7-6-10-17(18)20(24)22-15(2)16-8-4-3-5-9-16/h3-13,15H,1-2H3,(H,22,24)(H,23,25). The smallest absolute Gasteiger partial charge is 0.291 e. The van der Waals surface area contributed by atoms with Gasteiger partial charge in [-0.15, -0.1) is 0 Å². The molecular weight excluding hydrogens is 328 g/mol. The molecule has 0 aliphatic rings. The highest BCUT2D eigenvalue weighted by Gasteiger charge is 2.18. The Hall–Kier alpha value is -3.34. The highest BCUT2D eigenvalue weighted by molar-refractivity contribution is 6.08. The summed E-state index contributed by atoms with van der Waals surface area (Å²) in [6, 6.07) is 18.2. The Bertz CT molecular complexity index is 916. The number of nitrogens with one attached hydrogen (secondary N) is 2. The number of anilines is 1. The van der Waals surface area contributed by atoms with Crippen LogP contribution in [0.4, 0.5) is 5.69 Å². The summed E-state index contributed by atoms with van der Waals surface area (Å²) in [4.78, 5) is 25.1. The highest BCUT2D eigenvalue weighted by atomic mass is 16.3. The topological polar surface area (TPSA) is 71.3 Å². The first kappa shape index (κ1) is 17.5. The minimum absolute atomic E-state index is 0.153. The molecule has 0 radical (unpaired) electrons. The Morgan fingerprint density at radius 2 is 1.62 bits per heavy atom. The Labute approximate surface area is 152 Å². The first-order valence-electron chi connectivity index (χ1n) is 8.36. The van der Waals surface area contributed by atoms with Gasteiger partial charge in [0.15, 0.2) is 5.76 Å². The molecule has 0 aliphatic heterocycles. The molecule has 0 aliphatic carbocycles. The summed E-state index contributed by atoms with van der Waals surface area (Å²) in [5.41, 5.74) is 2.58. The Morgan fingerprint density at radius 1 is 0.923 bits per heavy atom. The van der Waals surface area contributed by atoms with E-state index in [0.29, 0.717) is 11.3 Å². The summed E-state index contributed by atoms with van der Waals surface area (Å²) >= 11 is 0. The van der Waals surface area contributed by atoms with E-state index in [2.05, 4.69) is 10.6 Å². The third kappa shape index (κ3) is 3.83. The van der Waals surface area contributed by atoms with Crippen molar-refractivity contribution in [1.82, 2.24) is 5.32 Å². The SMILES string of the molecule is Cc1ccoc1C(=O)Nc1ccccc1C(=O)NC(C)c1ccccc1. The van der Waals surface area contributed by atoms with Crippen LogP contribution in [0.3, 0.4) is 0 Å². The van der Waals surface area contributed by atoms with E-state index in [1.165, 1.54) is 6.26 Å². The average molecular weight is 348 g/mol. The van der Waals surface area contributed by atoms with Crippen LogP contribution in [0, 0.1) is 6.92 Å². The van der Waals surface area contributed by atoms with Gasteiger partial charge < -0.3 is 15.1 Å². The van der Waals surface area contributed by atoms with Gasteiger partial charge in [0.2, 0.25) is 0 Å². The predicted molar refractivity (Wildman–Crippen MR) is 100 cm³/mol. The Kier molecular flexibility index (Phi) is 5.17. The molecule has 3 aromatic rings. The molecule has 0 spiro atoms. The van der Waals surface area contributed by atoms with E-state index >= 15 is 0 Å². The number of furan rings is 1. The normalized spacial score (nSPS) is 11.6. The van der Waals surface area contributed by atoms with Crippen LogP contribution in [0.2, 0.25) is 0 Å². The lowest BCUT2D eigenvalue weighted by Gasteiger charge is -2.16. The minimum Gasteiger partial charge on any atom is -0.459 e. The predicted octanol–water partition coefficient (Wildman–Crippen LogP) is 4.33. The molecule has 2 N–H and O–H groups in total. The molecule has 1 unspecified atom stereocenters. The molecule has 26 heavy (non-hydrogen) atoms. The van der Waals surface area contributed by atoms with Gasteiger partial charge in [-0.1, -0.05) is 42.5 Å².